The molecule has 1 amide bonds. The molecule has 2 rings (SSSR count). The number of carbonyl (C=O) groups is 1. The van der Waals surface area contributed by atoms with Gasteiger partial charge in [-0.25, -0.2) is 8.42 Å². The van der Waals surface area contributed by atoms with E-state index in [1.165, 1.54) is 9.87 Å². The van der Waals surface area contributed by atoms with Crippen molar-refractivity contribution in [2.24, 2.45) is 0 Å². The predicted octanol–water partition coefficient (Wildman–Crippen LogP) is 0.786. The van der Waals surface area contributed by atoms with Crippen LogP contribution in [0.2, 0.25) is 0 Å². The second-order valence-electron chi connectivity index (χ2n) is 6.02. The number of benzene rings is 1. The summed E-state index contributed by atoms with van der Waals surface area (Å²) in [5.74, 6) is -0.265. The van der Waals surface area contributed by atoms with E-state index in [0.717, 1.165) is 19.1 Å². The third-order valence-electron chi connectivity index (χ3n) is 3.96. The molecule has 0 radical (unpaired) electrons. The van der Waals surface area contributed by atoms with Crippen molar-refractivity contribution < 1.29 is 17.9 Å². The van der Waals surface area contributed by atoms with Gasteiger partial charge in [-0.15, -0.1) is 0 Å². The Bertz CT molecular complexity index is 633. The minimum Gasteiger partial charge on any atom is -0.363 e. The summed E-state index contributed by atoms with van der Waals surface area (Å²) in [5.41, 5.74) is 0.0961. The van der Waals surface area contributed by atoms with Gasteiger partial charge in [0.2, 0.25) is 10.0 Å². The number of rotatable bonds is 6. The minimum atomic E-state index is -3.32. The van der Waals surface area contributed by atoms with Crippen LogP contribution in [0.25, 0.3) is 0 Å². The number of nitrogens with one attached hydrogen (secondary N) is 1. The fourth-order valence-electron chi connectivity index (χ4n) is 2.58. The largest absolute Gasteiger partial charge is 0.363 e. The van der Waals surface area contributed by atoms with E-state index in [9.17, 15) is 13.2 Å². The van der Waals surface area contributed by atoms with Crippen molar-refractivity contribution in [2.75, 3.05) is 32.5 Å². The number of morpholine rings is 1. The fourth-order valence-corrected chi connectivity index (χ4v) is 3.47. The topological polar surface area (TPSA) is 75.7 Å². The van der Waals surface area contributed by atoms with Gasteiger partial charge in [-0.1, -0.05) is 30.3 Å². The molecule has 1 fully saturated rings. The Balaban J connectivity index is 1.82. The molecular formula is C16H24N2O4S. The molecule has 1 aromatic rings. The Morgan fingerprint density at radius 2 is 2.04 bits per heavy atom. The SMILES string of the molecule is C[C@]1(C(=O)NCCCc2ccccc2)CN(S(C)(=O)=O)CCO1. The summed E-state index contributed by atoms with van der Waals surface area (Å²) in [6, 6.07) is 10.1. The number of aryl methyl sites for hydroxylation is 1. The molecule has 1 saturated heterocycles. The van der Waals surface area contributed by atoms with Gasteiger partial charge in [0, 0.05) is 13.1 Å². The molecule has 6 nitrogen and oxygen atoms in total. The zero-order chi connectivity index (χ0) is 16.9. The lowest BCUT2D eigenvalue weighted by molar-refractivity contribution is -0.152. The van der Waals surface area contributed by atoms with Crippen molar-refractivity contribution in [3.8, 4) is 0 Å². The van der Waals surface area contributed by atoms with Gasteiger partial charge in [-0.05, 0) is 25.3 Å². The number of sulfonamides is 1. The highest BCUT2D eigenvalue weighted by atomic mass is 32.2. The van der Waals surface area contributed by atoms with Crippen molar-refractivity contribution >= 4 is 15.9 Å². The van der Waals surface area contributed by atoms with Crippen molar-refractivity contribution in [1.82, 2.24) is 9.62 Å². The average Bonchev–Trinajstić information content (AvgIpc) is 2.51. The smallest absolute Gasteiger partial charge is 0.253 e. The van der Waals surface area contributed by atoms with E-state index in [1.54, 1.807) is 6.92 Å². The van der Waals surface area contributed by atoms with E-state index in [0.29, 0.717) is 6.54 Å². The maximum atomic E-state index is 12.3. The first-order valence-corrected chi connectivity index (χ1v) is 9.57. The van der Waals surface area contributed by atoms with Crippen LogP contribution in [-0.2, 0) is 26.0 Å². The monoisotopic (exact) mass is 340 g/mol. The number of carbonyl (C=O) groups excluding carboxylic acids is 1. The van der Waals surface area contributed by atoms with Crippen molar-refractivity contribution in [3.63, 3.8) is 0 Å². The van der Waals surface area contributed by atoms with E-state index >= 15 is 0 Å². The van der Waals surface area contributed by atoms with E-state index in [-0.39, 0.29) is 25.6 Å². The zero-order valence-corrected chi connectivity index (χ0v) is 14.4. The lowest BCUT2D eigenvalue weighted by Crippen LogP contribution is -2.59. The van der Waals surface area contributed by atoms with Crippen LogP contribution in [0.4, 0.5) is 0 Å². The van der Waals surface area contributed by atoms with Gasteiger partial charge < -0.3 is 10.1 Å². The number of nitrogens with zero attached hydrogens (tertiary/aromatic N) is 1. The van der Waals surface area contributed by atoms with Gasteiger partial charge in [0.05, 0.1) is 19.4 Å². The van der Waals surface area contributed by atoms with E-state index in [1.807, 2.05) is 18.2 Å². The molecular weight excluding hydrogens is 316 g/mol. The molecule has 23 heavy (non-hydrogen) atoms. The highest BCUT2D eigenvalue weighted by Crippen LogP contribution is 2.19. The minimum absolute atomic E-state index is 0.0519. The van der Waals surface area contributed by atoms with Gasteiger partial charge in [-0.2, -0.15) is 4.31 Å². The van der Waals surface area contributed by atoms with E-state index < -0.39 is 15.6 Å². The van der Waals surface area contributed by atoms with Crippen LogP contribution < -0.4 is 5.32 Å². The lowest BCUT2D eigenvalue weighted by atomic mass is 10.0. The normalized spacial score (nSPS) is 22.7. The van der Waals surface area contributed by atoms with E-state index in [2.05, 4.69) is 17.4 Å². The standard InChI is InChI=1S/C16H24N2O4S/c1-16(13-18(11-12-22-16)23(2,20)21)15(19)17-10-6-9-14-7-4-3-5-8-14/h3-5,7-8H,6,9-13H2,1-2H3,(H,17,19)/t16-/m1/s1. The molecule has 7 heteroatoms. The van der Waals surface area contributed by atoms with Crippen LogP contribution in [0.3, 0.4) is 0 Å². The van der Waals surface area contributed by atoms with Gasteiger partial charge in [-0.3, -0.25) is 4.79 Å². The second-order valence-corrected chi connectivity index (χ2v) is 8.00. The molecule has 1 atom stereocenters. The Labute approximate surface area is 137 Å². The van der Waals surface area contributed by atoms with Crippen molar-refractivity contribution in [1.29, 1.82) is 0 Å². The van der Waals surface area contributed by atoms with Crippen LogP contribution in [0.1, 0.15) is 18.9 Å². The molecule has 0 bridgehead atoms. The molecule has 0 aromatic heterocycles. The molecule has 1 N–H and O–H groups in total. The molecule has 0 saturated carbocycles. The van der Waals surface area contributed by atoms with Crippen molar-refractivity contribution in [3.05, 3.63) is 35.9 Å². The molecule has 1 heterocycles. The first kappa shape index (κ1) is 17.9. The Morgan fingerprint density at radius 1 is 1.35 bits per heavy atom. The average molecular weight is 340 g/mol. The Hall–Kier alpha value is -1.44. The molecule has 0 aliphatic carbocycles. The number of hydrogen-bond donors (Lipinski definition) is 1. The predicted molar refractivity (Wildman–Crippen MR) is 88.5 cm³/mol. The maximum absolute atomic E-state index is 12.3. The third kappa shape index (κ3) is 5.02. The molecule has 1 aliphatic rings. The molecule has 0 unspecified atom stereocenters. The molecule has 0 spiro atoms. The summed E-state index contributed by atoms with van der Waals surface area (Å²) in [5, 5.41) is 2.85. The van der Waals surface area contributed by atoms with Crippen LogP contribution in [0.15, 0.2) is 30.3 Å². The van der Waals surface area contributed by atoms with Gasteiger partial charge >= 0.3 is 0 Å². The molecule has 128 valence electrons. The highest BCUT2D eigenvalue weighted by molar-refractivity contribution is 7.88. The van der Waals surface area contributed by atoms with E-state index in [4.69, 9.17) is 4.74 Å². The van der Waals surface area contributed by atoms with Crippen LogP contribution in [-0.4, -0.2) is 56.7 Å². The fraction of sp³-hybridized carbons (Fsp3) is 0.562. The first-order valence-electron chi connectivity index (χ1n) is 7.72. The maximum Gasteiger partial charge on any atom is 0.253 e. The third-order valence-corrected chi connectivity index (χ3v) is 5.21. The summed E-state index contributed by atoms with van der Waals surface area (Å²) < 4.78 is 30.1. The molecule has 1 aromatic carbocycles. The number of hydrogen-bond acceptors (Lipinski definition) is 4. The summed E-state index contributed by atoms with van der Waals surface area (Å²) in [6.07, 6.45) is 2.85. The van der Waals surface area contributed by atoms with Crippen molar-refractivity contribution in [2.45, 2.75) is 25.4 Å². The summed E-state index contributed by atoms with van der Waals surface area (Å²) in [7, 11) is -3.32. The molecule has 1 aliphatic heterocycles. The number of amides is 1. The Kier molecular flexibility index (Phi) is 5.78. The summed E-state index contributed by atoms with van der Waals surface area (Å²) in [6.45, 7) is 2.73. The second kappa shape index (κ2) is 7.42. The summed E-state index contributed by atoms with van der Waals surface area (Å²) in [4.78, 5) is 12.3. The summed E-state index contributed by atoms with van der Waals surface area (Å²) >= 11 is 0. The highest BCUT2D eigenvalue weighted by Gasteiger charge is 2.41. The van der Waals surface area contributed by atoms with Gasteiger partial charge in [0.15, 0.2) is 5.60 Å². The van der Waals surface area contributed by atoms with Crippen LogP contribution >= 0.6 is 0 Å². The lowest BCUT2D eigenvalue weighted by Gasteiger charge is -2.37. The zero-order valence-electron chi connectivity index (χ0n) is 13.6. The number of ether oxygens (including phenoxy) is 1. The van der Waals surface area contributed by atoms with Crippen LogP contribution in [0, 0.1) is 0 Å². The van der Waals surface area contributed by atoms with Crippen LogP contribution in [0.5, 0.6) is 0 Å². The van der Waals surface area contributed by atoms with Gasteiger partial charge in [0.1, 0.15) is 0 Å². The van der Waals surface area contributed by atoms with Gasteiger partial charge in [0.25, 0.3) is 5.91 Å². The first-order chi connectivity index (χ1) is 10.8. The Morgan fingerprint density at radius 3 is 2.70 bits per heavy atom. The quantitative estimate of drug-likeness (QED) is 0.777.